The predicted molar refractivity (Wildman–Crippen MR) is 136 cm³/mol. The van der Waals surface area contributed by atoms with Crippen LogP contribution in [0.5, 0.6) is 5.75 Å². The Kier molecular flexibility index (Phi) is 4.48. The van der Waals surface area contributed by atoms with Crippen molar-refractivity contribution in [2.24, 2.45) is 0 Å². The topological polar surface area (TPSA) is 14.2 Å². The molecule has 2 heterocycles. The van der Waals surface area contributed by atoms with E-state index in [2.05, 4.69) is 127 Å². The summed E-state index contributed by atoms with van der Waals surface area (Å²) >= 11 is 0. The van der Waals surface area contributed by atoms with Crippen LogP contribution in [0.25, 0.3) is 16.5 Å². The Balaban J connectivity index is 1.78. The number of para-hydroxylation sites is 1. The smallest absolute Gasteiger partial charge is 0.118 e. The van der Waals surface area contributed by atoms with Crippen molar-refractivity contribution in [3.05, 3.63) is 143 Å². The number of fused-ring (bicyclic) bond motifs is 3. The summed E-state index contributed by atoms with van der Waals surface area (Å²) in [5.74, 6) is 0.862. The zero-order valence-electron chi connectivity index (χ0n) is 18.8. The summed E-state index contributed by atoms with van der Waals surface area (Å²) in [6.07, 6.45) is 2.45. The number of allylic oxidation sites excluding steroid dienone is 1. The highest BCUT2D eigenvalue weighted by Crippen LogP contribution is 2.50. The Morgan fingerprint density at radius 1 is 0.667 bits per heavy atom. The van der Waals surface area contributed by atoms with Crippen LogP contribution in [0.15, 0.2) is 115 Å². The average Bonchev–Trinajstić information content (AvgIpc) is 3.40. The molecule has 1 aromatic heterocycles. The lowest BCUT2D eigenvalue weighted by molar-refractivity contribution is 0.414. The number of hydrogen-bond acceptors (Lipinski definition) is 1. The summed E-state index contributed by atoms with van der Waals surface area (Å²) < 4.78 is 8.02. The molecule has 0 aliphatic carbocycles. The summed E-state index contributed by atoms with van der Waals surface area (Å²) in [5, 5.41) is 1.29. The highest BCUT2D eigenvalue weighted by atomic mass is 16.5. The molecule has 6 rings (SSSR count). The summed E-state index contributed by atoms with van der Waals surface area (Å²) in [4.78, 5) is 0. The monoisotopic (exact) mass is 427 g/mol. The SMILES string of the molecule is COc1ccc(C2(c3ccccc3)C=C(c3ccccc3)c3c(C)c4ccccc4n32)cc1. The minimum Gasteiger partial charge on any atom is -0.497 e. The van der Waals surface area contributed by atoms with Gasteiger partial charge in [0.2, 0.25) is 0 Å². The van der Waals surface area contributed by atoms with Gasteiger partial charge in [-0.05, 0) is 53.5 Å². The number of aryl methyl sites for hydroxylation is 1. The van der Waals surface area contributed by atoms with Gasteiger partial charge in [-0.25, -0.2) is 0 Å². The van der Waals surface area contributed by atoms with Crippen LogP contribution in [-0.2, 0) is 5.54 Å². The number of ether oxygens (including phenoxy) is 1. The van der Waals surface area contributed by atoms with E-state index in [4.69, 9.17) is 4.74 Å². The molecule has 0 spiro atoms. The standard InChI is InChI=1S/C31H25NO/c1-22-27-15-9-10-16-29(27)32-30(22)28(23-11-5-3-6-12-23)21-31(32,24-13-7-4-8-14-24)25-17-19-26(33-2)20-18-25/h3-21H,1-2H3. The Labute approximate surface area is 194 Å². The first-order valence-electron chi connectivity index (χ1n) is 11.3. The third-order valence-corrected chi connectivity index (χ3v) is 6.92. The van der Waals surface area contributed by atoms with Gasteiger partial charge in [0.25, 0.3) is 0 Å². The van der Waals surface area contributed by atoms with Crippen LogP contribution in [0, 0.1) is 6.92 Å². The molecule has 160 valence electrons. The quantitative estimate of drug-likeness (QED) is 0.296. The van der Waals surface area contributed by atoms with E-state index in [1.54, 1.807) is 7.11 Å². The number of hydrogen-bond donors (Lipinski definition) is 0. The molecule has 0 saturated carbocycles. The normalized spacial score (nSPS) is 17.1. The van der Waals surface area contributed by atoms with Gasteiger partial charge in [-0.15, -0.1) is 0 Å². The van der Waals surface area contributed by atoms with Crippen molar-refractivity contribution in [3.63, 3.8) is 0 Å². The van der Waals surface area contributed by atoms with Crippen LogP contribution in [0.2, 0.25) is 0 Å². The summed E-state index contributed by atoms with van der Waals surface area (Å²) in [6, 6.07) is 38.8. The second kappa shape index (κ2) is 7.53. The highest BCUT2D eigenvalue weighted by Gasteiger charge is 2.43. The van der Waals surface area contributed by atoms with E-state index in [9.17, 15) is 0 Å². The van der Waals surface area contributed by atoms with Gasteiger partial charge in [0.1, 0.15) is 11.3 Å². The number of aromatic nitrogens is 1. The molecule has 2 heteroatoms. The molecule has 0 radical (unpaired) electrons. The van der Waals surface area contributed by atoms with E-state index in [0.29, 0.717) is 0 Å². The van der Waals surface area contributed by atoms with E-state index in [0.717, 1.165) is 5.75 Å². The molecule has 0 bridgehead atoms. The first-order chi connectivity index (χ1) is 16.2. The fourth-order valence-electron chi connectivity index (χ4n) is 5.40. The molecule has 1 aliphatic heterocycles. The lowest BCUT2D eigenvalue weighted by Gasteiger charge is -2.33. The van der Waals surface area contributed by atoms with Crippen molar-refractivity contribution < 1.29 is 4.74 Å². The molecule has 0 saturated heterocycles. The van der Waals surface area contributed by atoms with Crippen LogP contribution >= 0.6 is 0 Å². The minimum atomic E-state index is -0.470. The van der Waals surface area contributed by atoms with Gasteiger partial charge in [-0.2, -0.15) is 0 Å². The lowest BCUT2D eigenvalue weighted by Crippen LogP contribution is -2.32. The van der Waals surface area contributed by atoms with Crippen LogP contribution in [0.1, 0.15) is 27.9 Å². The second-order valence-electron chi connectivity index (χ2n) is 8.61. The van der Waals surface area contributed by atoms with E-state index in [1.807, 2.05) is 0 Å². The van der Waals surface area contributed by atoms with Crippen molar-refractivity contribution in [1.82, 2.24) is 4.57 Å². The molecule has 1 unspecified atom stereocenters. The maximum atomic E-state index is 5.48. The van der Waals surface area contributed by atoms with E-state index in [1.165, 1.54) is 44.4 Å². The van der Waals surface area contributed by atoms with Crippen LogP contribution < -0.4 is 4.74 Å². The largest absolute Gasteiger partial charge is 0.497 e. The zero-order chi connectivity index (χ0) is 22.4. The molecule has 2 nitrogen and oxygen atoms in total. The first kappa shape index (κ1) is 19.6. The van der Waals surface area contributed by atoms with Crippen LogP contribution in [0.3, 0.4) is 0 Å². The lowest BCUT2D eigenvalue weighted by atomic mass is 9.82. The maximum absolute atomic E-state index is 5.48. The van der Waals surface area contributed by atoms with Crippen molar-refractivity contribution in [1.29, 1.82) is 0 Å². The summed E-state index contributed by atoms with van der Waals surface area (Å²) in [7, 11) is 1.71. The third kappa shape index (κ3) is 2.81. The van der Waals surface area contributed by atoms with Crippen molar-refractivity contribution in [3.8, 4) is 5.75 Å². The van der Waals surface area contributed by atoms with Gasteiger partial charge in [-0.1, -0.05) is 91.0 Å². The number of rotatable bonds is 4. The molecule has 1 atom stereocenters. The molecule has 33 heavy (non-hydrogen) atoms. The Morgan fingerprint density at radius 2 is 1.27 bits per heavy atom. The Morgan fingerprint density at radius 3 is 1.97 bits per heavy atom. The Bertz CT molecular complexity index is 1480. The molecule has 0 N–H and O–H groups in total. The van der Waals surface area contributed by atoms with Gasteiger partial charge >= 0.3 is 0 Å². The zero-order valence-corrected chi connectivity index (χ0v) is 18.8. The van der Waals surface area contributed by atoms with Gasteiger partial charge in [-0.3, -0.25) is 0 Å². The summed E-state index contributed by atoms with van der Waals surface area (Å²) in [6.45, 7) is 2.25. The van der Waals surface area contributed by atoms with Gasteiger partial charge in [0.15, 0.2) is 0 Å². The van der Waals surface area contributed by atoms with Gasteiger partial charge in [0, 0.05) is 11.0 Å². The number of methoxy groups -OCH3 is 1. The Hall–Kier alpha value is -4.04. The minimum absolute atomic E-state index is 0.470. The third-order valence-electron chi connectivity index (χ3n) is 6.92. The van der Waals surface area contributed by atoms with E-state index < -0.39 is 5.54 Å². The molecular formula is C31H25NO. The first-order valence-corrected chi connectivity index (χ1v) is 11.3. The maximum Gasteiger partial charge on any atom is 0.118 e. The molecule has 1 aliphatic rings. The predicted octanol–water partition coefficient (Wildman–Crippen LogP) is 7.20. The average molecular weight is 428 g/mol. The second-order valence-corrected chi connectivity index (χ2v) is 8.61. The molecule has 0 amide bonds. The van der Waals surface area contributed by atoms with E-state index >= 15 is 0 Å². The summed E-state index contributed by atoms with van der Waals surface area (Å²) in [5.41, 5.74) is 8.31. The molecule has 4 aromatic carbocycles. The van der Waals surface area contributed by atoms with Crippen molar-refractivity contribution >= 4 is 16.5 Å². The highest BCUT2D eigenvalue weighted by molar-refractivity contribution is 5.97. The van der Waals surface area contributed by atoms with Crippen molar-refractivity contribution in [2.45, 2.75) is 12.5 Å². The van der Waals surface area contributed by atoms with Crippen molar-refractivity contribution in [2.75, 3.05) is 7.11 Å². The fourth-order valence-corrected chi connectivity index (χ4v) is 5.40. The fraction of sp³-hybridized carbons (Fsp3) is 0.0968. The number of benzene rings is 4. The molecule has 0 fully saturated rings. The van der Waals surface area contributed by atoms with Crippen LogP contribution in [-0.4, -0.2) is 11.7 Å². The van der Waals surface area contributed by atoms with E-state index in [-0.39, 0.29) is 0 Å². The van der Waals surface area contributed by atoms with Gasteiger partial charge in [0.05, 0.1) is 18.3 Å². The molecular weight excluding hydrogens is 402 g/mol. The number of nitrogens with zero attached hydrogens (tertiary/aromatic N) is 1. The van der Waals surface area contributed by atoms with Gasteiger partial charge < -0.3 is 9.30 Å². The molecule has 5 aromatic rings. The van der Waals surface area contributed by atoms with Crippen LogP contribution in [0.4, 0.5) is 0 Å².